The van der Waals surface area contributed by atoms with E-state index < -0.39 is 11.9 Å². The molecular formula is C24H33N5O2. The van der Waals surface area contributed by atoms with Gasteiger partial charge in [0, 0.05) is 12.2 Å². The van der Waals surface area contributed by atoms with Gasteiger partial charge in [0.2, 0.25) is 0 Å². The number of hydrogen-bond donors (Lipinski definition) is 4. The summed E-state index contributed by atoms with van der Waals surface area (Å²) in [6.07, 6.45) is -0.189. The number of amides is 1. The minimum atomic E-state index is -0.862. The fourth-order valence-electron chi connectivity index (χ4n) is 3.85. The molecule has 2 aromatic rings. The molecule has 0 fully saturated rings. The van der Waals surface area contributed by atoms with Crippen LogP contribution in [0.15, 0.2) is 53.5 Å². The number of aliphatic hydroxyl groups is 1. The minimum absolute atomic E-state index is 0.0465. The molecule has 0 aromatic heterocycles. The van der Waals surface area contributed by atoms with E-state index in [4.69, 9.17) is 5.73 Å². The highest BCUT2D eigenvalue weighted by Crippen LogP contribution is 2.29. The first kappa shape index (κ1) is 22.8. The quantitative estimate of drug-likeness (QED) is 0.465. The average Bonchev–Trinajstić information content (AvgIpc) is 2.91. The van der Waals surface area contributed by atoms with Crippen LogP contribution in [-0.2, 0) is 17.9 Å². The van der Waals surface area contributed by atoms with Crippen molar-refractivity contribution in [2.45, 2.75) is 59.1 Å². The van der Waals surface area contributed by atoms with Crippen molar-refractivity contribution < 1.29 is 9.90 Å². The Balaban J connectivity index is 1.53. The Morgan fingerprint density at radius 1 is 1.10 bits per heavy atom. The van der Waals surface area contributed by atoms with E-state index >= 15 is 0 Å². The number of carbonyl (C=O) groups is 1. The lowest BCUT2D eigenvalue weighted by molar-refractivity contribution is -0.131. The predicted molar refractivity (Wildman–Crippen MR) is 124 cm³/mol. The topological polar surface area (TPSA) is 103 Å². The first-order valence-corrected chi connectivity index (χ1v) is 10.7. The number of nitrogens with two attached hydrogens (primary N) is 1. The van der Waals surface area contributed by atoms with Crippen molar-refractivity contribution in [1.82, 2.24) is 10.2 Å². The lowest BCUT2D eigenvalue weighted by atomic mass is 9.91. The van der Waals surface area contributed by atoms with E-state index in [0.29, 0.717) is 25.4 Å². The van der Waals surface area contributed by atoms with Gasteiger partial charge in [0.15, 0.2) is 12.3 Å². The Labute approximate surface area is 184 Å². The van der Waals surface area contributed by atoms with E-state index in [1.807, 2.05) is 62.4 Å². The van der Waals surface area contributed by atoms with Crippen molar-refractivity contribution >= 4 is 17.6 Å². The van der Waals surface area contributed by atoms with Gasteiger partial charge in [0.05, 0.1) is 6.54 Å². The summed E-state index contributed by atoms with van der Waals surface area (Å²) in [7, 11) is 0. The summed E-state index contributed by atoms with van der Waals surface area (Å²) in [6, 6.07) is 15.7. The average molecular weight is 424 g/mol. The van der Waals surface area contributed by atoms with E-state index in [0.717, 1.165) is 16.8 Å². The molecule has 1 heterocycles. The SMILES string of the molecule is Cc1ccc(NC(O)NCc2ccc(CN3C(=O)C(C)(CC(C)C)N=C3N)cc2)cc1. The molecule has 0 bridgehead atoms. The zero-order valence-electron chi connectivity index (χ0n) is 18.7. The van der Waals surface area contributed by atoms with Gasteiger partial charge in [-0.05, 0) is 49.4 Å². The molecule has 7 nitrogen and oxygen atoms in total. The van der Waals surface area contributed by atoms with Crippen LogP contribution in [0, 0.1) is 12.8 Å². The van der Waals surface area contributed by atoms with Crippen LogP contribution in [0.5, 0.6) is 0 Å². The number of aliphatic imine (C=N–C) groups is 1. The smallest absolute Gasteiger partial charge is 0.257 e. The molecule has 1 aliphatic heterocycles. The van der Waals surface area contributed by atoms with Crippen molar-refractivity contribution in [3.63, 3.8) is 0 Å². The second kappa shape index (κ2) is 9.49. The maximum atomic E-state index is 12.9. The molecule has 3 rings (SSSR count). The van der Waals surface area contributed by atoms with Crippen LogP contribution in [0.3, 0.4) is 0 Å². The second-order valence-electron chi connectivity index (χ2n) is 8.84. The summed E-state index contributed by atoms with van der Waals surface area (Å²) in [4.78, 5) is 18.9. The van der Waals surface area contributed by atoms with Gasteiger partial charge >= 0.3 is 0 Å². The Bertz CT molecular complexity index is 924. The molecule has 0 spiro atoms. The summed E-state index contributed by atoms with van der Waals surface area (Å²) in [5, 5.41) is 16.2. The van der Waals surface area contributed by atoms with Gasteiger partial charge < -0.3 is 16.2 Å². The minimum Gasteiger partial charge on any atom is -0.369 e. The number of carbonyl (C=O) groups excluding carboxylic acids is 1. The highest BCUT2D eigenvalue weighted by atomic mass is 16.3. The van der Waals surface area contributed by atoms with Crippen molar-refractivity contribution in [2.24, 2.45) is 16.6 Å². The van der Waals surface area contributed by atoms with Crippen LogP contribution in [-0.4, -0.2) is 33.8 Å². The molecule has 5 N–H and O–H groups in total. The monoisotopic (exact) mass is 423 g/mol. The standard InChI is InChI=1S/C24H33N5O2/c1-16(2)13-24(4)21(30)29(22(25)28-24)15-19-9-7-18(8-10-19)14-26-23(31)27-20-11-5-17(3)6-12-20/h5-12,16,23,26-27,31H,13-15H2,1-4H3,(H2,25,28). The fraction of sp³-hybridized carbons (Fsp3) is 0.417. The van der Waals surface area contributed by atoms with E-state index in [-0.39, 0.29) is 11.9 Å². The van der Waals surface area contributed by atoms with Crippen LogP contribution >= 0.6 is 0 Å². The normalized spacial score (nSPS) is 19.6. The molecule has 0 saturated heterocycles. The van der Waals surface area contributed by atoms with Gasteiger partial charge in [-0.2, -0.15) is 0 Å². The molecule has 0 aliphatic carbocycles. The van der Waals surface area contributed by atoms with Crippen molar-refractivity contribution in [1.29, 1.82) is 0 Å². The molecule has 2 atom stereocenters. The molecule has 1 amide bonds. The summed E-state index contributed by atoms with van der Waals surface area (Å²) in [6.45, 7) is 8.92. The maximum absolute atomic E-state index is 12.9. The maximum Gasteiger partial charge on any atom is 0.257 e. The number of rotatable bonds is 9. The molecule has 31 heavy (non-hydrogen) atoms. The number of anilines is 1. The molecule has 7 heteroatoms. The molecule has 2 unspecified atom stereocenters. The molecule has 2 aromatic carbocycles. The Hall–Kier alpha value is -2.90. The first-order chi connectivity index (χ1) is 14.7. The highest BCUT2D eigenvalue weighted by Gasteiger charge is 2.43. The molecule has 0 saturated carbocycles. The fourth-order valence-corrected chi connectivity index (χ4v) is 3.85. The lowest BCUT2D eigenvalue weighted by Crippen LogP contribution is -2.43. The number of aliphatic hydroxyl groups excluding tert-OH is 1. The van der Waals surface area contributed by atoms with Crippen LogP contribution in [0.1, 0.15) is 43.9 Å². The Kier molecular flexibility index (Phi) is 6.97. The number of aryl methyl sites for hydroxylation is 1. The first-order valence-electron chi connectivity index (χ1n) is 10.7. The summed E-state index contributed by atoms with van der Waals surface area (Å²) < 4.78 is 0. The van der Waals surface area contributed by atoms with E-state index in [2.05, 4.69) is 29.5 Å². The summed E-state index contributed by atoms with van der Waals surface area (Å²) in [5.74, 6) is 0.590. The number of nitrogens with zero attached hydrogens (tertiary/aromatic N) is 2. The van der Waals surface area contributed by atoms with Gasteiger partial charge in [0.1, 0.15) is 5.54 Å². The number of benzene rings is 2. The van der Waals surface area contributed by atoms with Gasteiger partial charge in [0.25, 0.3) is 5.91 Å². The summed E-state index contributed by atoms with van der Waals surface area (Å²) >= 11 is 0. The van der Waals surface area contributed by atoms with E-state index in [1.165, 1.54) is 5.56 Å². The molecule has 1 aliphatic rings. The third-order valence-electron chi connectivity index (χ3n) is 5.37. The third kappa shape index (κ3) is 5.83. The van der Waals surface area contributed by atoms with Crippen LogP contribution < -0.4 is 16.4 Å². The van der Waals surface area contributed by atoms with Crippen molar-refractivity contribution in [2.75, 3.05) is 5.32 Å². The highest BCUT2D eigenvalue weighted by molar-refractivity contribution is 6.06. The molecule has 0 radical (unpaired) electrons. The second-order valence-corrected chi connectivity index (χ2v) is 8.84. The molecule has 166 valence electrons. The van der Waals surface area contributed by atoms with Gasteiger partial charge in [-0.1, -0.05) is 55.8 Å². The van der Waals surface area contributed by atoms with Crippen molar-refractivity contribution in [3.05, 3.63) is 65.2 Å². The zero-order valence-corrected chi connectivity index (χ0v) is 18.7. The van der Waals surface area contributed by atoms with Gasteiger partial charge in [-0.25, -0.2) is 4.99 Å². The summed E-state index contributed by atoms with van der Waals surface area (Å²) in [5.41, 5.74) is 9.30. The lowest BCUT2D eigenvalue weighted by Gasteiger charge is -2.23. The Morgan fingerprint density at radius 2 is 1.71 bits per heavy atom. The number of nitrogens with one attached hydrogen (secondary N) is 2. The van der Waals surface area contributed by atoms with E-state index in [9.17, 15) is 9.90 Å². The largest absolute Gasteiger partial charge is 0.369 e. The van der Waals surface area contributed by atoms with Gasteiger partial charge in [-0.15, -0.1) is 0 Å². The van der Waals surface area contributed by atoms with Crippen LogP contribution in [0.2, 0.25) is 0 Å². The number of hydrogen-bond acceptors (Lipinski definition) is 6. The third-order valence-corrected chi connectivity index (χ3v) is 5.37. The molecular weight excluding hydrogens is 390 g/mol. The zero-order chi connectivity index (χ0) is 22.6. The predicted octanol–water partition coefficient (Wildman–Crippen LogP) is 2.93. The number of guanidine groups is 1. The van der Waals surface area contributed by atoms with Gasteiger partial charge in [-0.3, -0.25) is 15.0 Å². The van der Waals surface area contributed by atoms with Crippen molar-refractivity contribution in [3.8, 4) is 0 Å². The van der Waals surface area contributed by atoms with Crippen LogP contribution in [0.4, 0.5) is 5.69 Å². The van der Waals surface area contributed by atoms with E-state index in [1.54, 1.807) is 4.90 Å². The Morgan fingerprint density at radius 3 is 2.32 bits per heavy atom. The van der Waals surface area contributed by atoms with Crippen LogP contribution in [0.25, 0.3) is 0 Å².